The lowest BCUT2D eigenvalue weighted by atomic mass is 9.71. The van der Waals surface area contributed by atoms with Crippen LogP contribution < -0.4 is 9.80 Å². The van der Waals surface area contributed by atoms with Gasteiger partial charge in [-0.1, -0.05) is 37.3 Å². The van der Waals surface area contributed by atoms with Gasteiger partial charge in [-0.2, -0.15) is 0 Å². The van der Waals surface area contributed by atoms with Gasteiger partial charge in [-0.05, 0) is 56.9 Å². The molecule has 3 aliphatic heterocycles. The lowest BCUT2D eigenvalue weighted by Crippen LogP contribution is -2.45. The molecule has 1 N–H and O–H groups in total. The molecule has 0 aliphatic carbocycles. The number of fused-ring (bicyclic) bond motifs is 2. The maximum absolute atomic E-state index is 15.4. The zero-order chi connectivity index (χ0) is 25.7. The standard InChI is InChI=1S/C29H35FN2O4/c1-19-26(28(2,3)30)24(15-17-33)36-29(19)22-8-4-5-9-23(22)32(27(29)35)18-20-11-13-21(14-12-20)31-16-7-6-10-25(31)34/h4-5,8-9,11-14,19,24,26,33H,6-7,10,15-18H2,1-3H3/t19-,24+,26-,29+/m0/s1. The highest BCUT2D eigenvalue weighted by Crippen LogP contribution is 2.58. The van der Waals surface area contributed by atoms with E-state index in [-0.39, 0.29) is 24.8 Å². The summed E-state index contributed by atoms with van der Waals surface area (Å²) in [5, 5.41) is 9.65. The first-order valence-electron chi connectivity index (χ1n) is 13.0. The minimum Gasteiger partial charge on any atom is -0.396 e. The molecular formula is C29H35FN2O4. The van der Waals surface area contributed by atoms with Crippen LogP contribution in [0.5, 0.6) is 0 Å². The molecule has 1 spiro atoms. The number of rotatable bonds is 6. The molecule has 0 unspecified atom stereocenters. The number of aliphatic hydroxyl groups excluding tert-OH is 1. The van der Waals surface area contributed by atoms with Gasteiger partial charge in [0.05, 0.1) is 18.3 Å². The van der Waals surface area contributed by atoms with Gasteiger partial charge in [-0.15, -0.1) is 0 Å². The summed E-state index contributed by atoms with van der Waals surface area (Å²) in [4.78, 5) is 30.0. The van der Waals surface area contributed by atoms with E-state index in [0.29, 0.717) is 13.0 Å². The average Bonchev–Trinajstić information content (AvgIpc) is 3.27. The maximum Gasteiger partial charge on any atom is 0.264 e. The van der Waals surface area contributed by atoms with E-state index < -0.39 is 29.2 Å². The van der Waals surface area contributed by atoms with Crippen molar-refractivity contribution in [2.24, 2.45) is 11.8 Å². The molecule has 36 heavy (non-hydrogen) atoms. The first-order chi connectivity index (χ1) is 17.2. The highest BCUT2D eigenvalue weighted by molar-refractivity contribution is 6.07. The SMILES string of the molecule is C[C@H]1[C@H](C(C)(C)F)[C@@H](CCO)O[C@]12C(=O)N(Cc1ccc(N3CCCCC3=O)cc1)c1ccccc12. The number of hydrogen-bond acceptors (Lipinski definition) is 4. The number of ether oxygens (including phenoxy) is 1. The molecule has 0 radical (unpaired) electrons. The quantitative estimate of drug-likeness (QED) is 0.631. The largest absolute Gasteiger partial charge is 0.396 e. The highest BCUT2D eigenvalue weighted by Gasteiger charge is 2.65. The van der Waals surface area contributed by atoms with Gasteiger partial charge < -0.3 is 19.6 Å². The summed E-state index contributed by atoms with van der Waals surface area (Å²) in [5.74, 6) is -1.00. The van der Waals surface area contributed by atoms with Crippen LogP contribution in [-0.4, -0.2) is 41.8 Å². The van der Waals surface area contributed by atoms with Crippen molar-refractivity contribution in [2.45, 2.75) is 70.4 Å². The number of benzene rings is 2. The van der Waals surface area contributed by atoms with Gasteiger partial charge >= 0.3 is 0 Å². The Morgan fingerprint density at radius 1 is 1.11 bits per heavy atom. The van der Waals surface area contributed by atoms with Gasteiger partial charge in [-0.25, -0.2) is 4.39 Å². The fourth-order valence-corrected chi connectivity index (χ4v) is 6.60. The Bertz CT molecular complexity index is 1140. The smallest absolute Gasteiger partial charge is 0.264 e. The van der Waals surface area contributed by atoms with E-state index in [4.69, 9.17) is 4.74 Å². The number of alkyl halides is 1. The average molecular weight is 495 g/mol. The van der Waals surface area contributed by atoms with Gasteiger partial charge in [0.15, 0.2) is 5.60 Å². The Morgan fingerprint density at radius 3 is 2.50 bits per heavy atom. The molecule has 3 aliphatic rings. The number of nitrogens with zero attached hydrogens (tertiary/aromatic N) is 2. The van der Waals surface area contributed by atoms with Crippen molar-refractivity contribution < 1.29 is 23.8 Å². The van der Waals surface area contributed by atoms with E-state index in [9.17, 15) is 14.7 Å². The van der Waals surface area contributed by atoms with Crippen LogP contribution in [0.1, 0.15) is 57.6 Å². The summed E-state index contributed by atoms with van der Waals surface area (Å²) in [6.07, 6.45) is 2.22. The molecule has 2 aromatic rings. The van der Waals surface area contributed by atoms with E-state index in [1.165, 1.54) is 13.8 Å². The van der Waals surface area contributed by atoms with E-state index in [1.54, 1.807) is 4.90 Å². The number of piperidine rings is 1. The zero-order valence-corrected chi connectivity index (χ0v) is 21.2. The third kappa shape index (κ3) is 3.93. The van der Waals surface area contributed by atoms with E-state index in [1.807, 2.05) is 60.4 Å². The van der Waals surface area contributed by atoms with Crippen LogP contribution in [0.25, 0.3) is 0 Å². The van der Waals surface area contributed by atoms with Crippen LogP contribution >= 0.6 is 0 Å². The molecule has 0 bridgehead atoms. The number of para-hydroxylation sites is 1. The van der Waals surface area contributed by atoms with Gasteiger partial charge in [-0.3, -0.25) is 9.59 Å². The summed E-state index contributed by atoms with van der Waals surface area (Å²) < 4.78 is 21.9. The van der Waals surface area contributed by atoms with Gasteiger partial charge in [0.2, 0.25) is 5.91 Å². The number of carbonyl (C=O) groups excluding carboxylic acids is 2. The van der Waals surface area contributed by atoms with Crippen LogP contribution in [0.2, 0.25) is 0 Å². The second kappa shape index (κ2) is 9.27. The van der Waals surface area contributed by atoms with E-state index in [2.05, 4.69) is 0 Å². The summed E-state index contributed by atoms with van der Waals surface area (Å²) in [6.45, 7) is 5.89. The van der Waals surface area contributed by atoms with Crippen molar-refractivity contribution in [1.29, 1.82) is 0 Å². The molecule has 2 amide bonds. The van der Waals surface area contributed by atoms with Crippen LogP contribution in [0.3, 0.4) is 0 Å². The van der Waals surface area contributed by atoms with Crippen molar-refractivity contribution in [3.8, 4) is 0 Å². The van der Waals surface area contributed by atoms with Crippen molar-refractivity contribution in [2.75, 3.05) is 23.0 Å². The van der Waals surface area contributed by atoms with Gasteiger partial charge in [0.25, 0.3) is 5.91 Å². The Balaban J connectivity index is 1.46. The zero-order valence-electron chi connectivity index (χ0n) is 21.2. The van der Waals surface area contributed by atoms with Crippen LogP contribution in [-0.2, 0) is 26.5 Å². The Kier molecular flexibility index (Phi) is 6.41. The van der Waals surface area contributed by atoms with Crippen LogP contribution in [0.4, 0.5) is 15.8 Å². The maximum atomic E-state index is 15.4. The molecule has 2 fully saturated rings. The van der Waals surface area contributed by atoms with Crippen molar-refractivity contribution in [3.05, 3.63) is 59.7 Å². The summed E-state index contributed by atoms with van der Waals surface area (Å²) in [7, 11) is 0. The van der Waals surface area contributed by atoms with Crippen molar-refractivity contribution in [3.63, 3.8) is 0 Å². The minimum atomic E-state index is -1.58. The van der Waals surface area contributed by atoms with E-state index >= 15 is 4.39 Å². The molecule has 3 heterocycles. The van der Waals surface area contributed by atoms with E-state index in [0.717, 1.165) is 41.9 Å². The Labute approximate surface area is 212 Å². The molecule has 192 valence electrons. The molecule has 4 atom stereocenters. The molecule has 7 heteroatoms. The highest BCUT2D eigenvalue weighted by atomic mass is 19.1. The number of anilines is 2. The normalized spacial score (nSPS) is 28.3. The number of hydrogen-bond donors (Lipinski definition) is 1. The Hall–Kier alpha value is -2.77. The monoisotopic (exact) mass is 494 g/mol. The second-order valence-corrected chi connectivity index (χ2v) is 10.9. The number of carbonyl (C=O) groups is 2. The predicted molar refractivity (Wildman–Crippen MR) is 136 cm³/mol. The lowest BCUT2D eigenvalue weighted by molar-refractivity contribution is -0.146. The van der Waals surface area contributed by atoms with Crippen molar-refractivity contribution >= 4 is 23.2 Å². The molecular weight excluding hydrogens is 459 g/mol. The minimum absolute atomic E-state index is 0.133. The summed E-state index contributed by atoms with van der Waals surface area (Å²) in [6, 6.07) is 15.4. The van der Waals surface area contributed by atoms with Crippen LogP contribution in [0, 0.1) is 11.8 Å². The fraction of sp³-hybridized carbons (Fsp3) is 0.517. The van der Waals surface area contributed by atoms with Gasteiger partial charge in [0.1, 0.15) is 5.67 Å². The molecule has 2 aromatic carbocycles. The first-order valence-corrected chi connectivity index (χ1v) is 13.0. The number of amides is 2. The molecule has 0 saturated carbocycles. The molecule has 2 saturated heterocycles. The third-order valence-electron chi connectivity index (χ3n) is 8.19. The molecule has 5 rings (SSSR count). The lowest BCUT2D eigenvalue weighted by Gasteiger charge is -2.32. The molecule has 0 aromatic heterocycles. The van der Waals surface area contributed by atoms with Crippen LogP contribution in [0.15, 0.2) is 48.5 Å². The second-order valence-electron chi connectivity index (χ2n) is 10.9. The topological polar surface area (TPSA) is 70.1 Å². The summed E-state index contributed by atoms with van der Waals surface area (Å²) >= 11 is 0. The number of halogens is 1. The first kappa shape index (κ1) is 24.9. The Morgan fingerprint density at radius 2 is 1.83 bits per heavy atom. The third-order valence-corrected chi connectivity index (χ3v) is 8.19. The number of aliphatic hydroxyl groups is 1. The fourth-order valence-electron chi connectivity index (χ4n) is 6.60. The predicted octanol–water partition coefficient (Wildman–Crippen LogP) is 4.73. The van der Waals surface area contributed by atoms with Crippen molar-refractivity contribution in [1.82, 2.24) is 0 Å². The van der Waals surface area contributed by atoms with Gasteiger partial charge in [0, 0.05) is 42.7 Å². The molecule has 6 nitrogen and oxygen atoms in total. The summed E-state index contributed by atoms with van der Waals surface area (Å²) in [5.41, 5.74) is 0.471.